The van der Waals surface area contributed by atoms with Gasteiger partial charge in [0.05, 0.1) is 10.6 Å². The molecular weight excluding hydrogens is 218 g/mol. The third-order valence-corrected chi connectivity index (χ3v) is 2.78. The molecule has 0 unspecified atom stereocenters. The lowest BCUT2D eigenvalue weighted by Crippen LogP contribution is -2.37. The number of benzene rings is 1. The summed E-state index contributed by atoms with van der Waals surface area (Å²) in [6.45, 7) is 0. The van der Waals surface area contributed by atoms with E-state index in [1.165, 1.54) is 18.5 Å². The summed E-state index contributed by atoms with van der Waals surface area (Å²) in [6, 6.07) is 6.09. The van der Waals surface area contributed by atoms with Gasteiger partial charge in [0.1, 0.15) is 6.34 Å². The van der Waals surface area contributed by atoms with E-state index in [0.29, 0.717) is 0 Å². The molecule has 15 heavy (non-hydrogen) atoms. The Bertz CT molecular complexity index is 481. The number of nitrogens with two attached hydrogens (primary N) is 1. The van der Waals surface area contributed by atoms with Crippen LogP contribution in [-0.2, 0) is 10.0 Å². The van der Waals surface area contributed by atoms with E-state index in [1.54, 1.807) is 17.1 Å². The summed E-state index contributed by atoms with van der Waals surface area (Å²) in [5.74, 6) is 0. The third-order valence-electron chi connectivity index (χ3n) is 1.85. The summed E-state index contributed by atoms with van der Waals surface area (Å²) in [4.78, 5) is 0.0790. The molecule has 1 aromatic carbocycles. The number of anilines is 1. The lowest BCUT2D eigenvalue weighted by Gasteiger charge is -2.13. The normalized spacial score (nSPS) is 15.4. The first kappa shape index (κ1) is 9.90. The largest absolute Gasteiger partial charge is 0.245 e. The minimum Gasteiger partial charge on any atom is -0.245 e. The van der Waals surface area contributed by atoms with Gasteiger partial charge in [0.2, 0.25) is 10.0 Å². The Morgan fingerprint density at radius 1 is 1.27 bits per heavy atom. The Balaban J connectivity index is 2.28. The van der Waals surface area contributed by atoms with E-state index < -0.39 is 10.0 Å². The number of nitrogens with one attached hydrogen (secondary N) is 2. The number of sulfonamides is 1. The second-order valence-electron chi connectivity index (χ2n) is 2.88. The van der Waals surface area contributed by atoms with Gasteiger partial charge >= 0.3 is 0 Å². The van der Waals surface area contributed by atoms with Crippen LogP contribution in [0.1, 0.15) is 0 Å². The zero-order valence-electron chi connectivity index (χ0n) is 7.58. The van der Waals surface area contributed by atoms with Crippen LogP contribution in [-0.4, -0.2) is 14.8 Å². The van der Waals surface area contributed by atoms with Crippen molar-refractivity contribution < 1.29 is 8.42 Å². The highest BCUT2D eigenvalue weighted by atomic mass is 32.2. The number of hydrogen-bond acceptors (Lipinski definition) is 6. The summed E-state index contributed by atoms with van der Waals surface area (Å²) in [5.41, 5.74) is 5.98. The van der Waals surface area contributed by atoms with E-state index >= 15 is 0 Å². The van der Waals surface area contributed by atoms with Gasteiger partial charge in [-0.25, -0.2) is 24.1 Å². The molecule has 4 N–H and O–H groups in total. The van der Waals surface area contributed by atoms with Gasteiger partial charge in [0.25, 0.3) is 0 Å². The first-order valence-corrected chi connectivity index (χ1v) is 5.58. The number of hydrazine groups is 2. The van der Waals surface area contributed by atoms with Crippen LogP contribution in [0.5, 0.6) is 0 Å². The molecular formula is C7H9N5O2S. The Hall–Kier alpha value is -1.64. The van der Waals surface area contributed by atoms with Crippen LogP contribution in [0.2, 0.25) is 0 Å². The Kier molecular flexibility index (Phi) is 2.31. The number of rotatable bonds is 2. The minimum atomic E-state index is -3.63. The average Bonchev–Trinajstić information content (AvgIpc) is 2.69. The molecule has 0 bridgehead atoms. The maximum atomic E-state index is 11.0. The lowest BCUT2D eigenvalue weighted by atomic mass is 10.3. The zero-order valence-corrected chi connectivity index (χ0v) is 8.40. The van der Waals surface area contributed by atoms with Crippen molar-refractivity contribution in [3.63, 3.8) is 0 Å². The van der Waals surface area contributed by atoms with Crippen LogP contribution < -0.4 is 21.2 Å². The van der Waals surface area contributed by atoms with E-state index in [9.17, 15) is 8.42 Å². The fourth-order valence-electron chi connectivity index (χ4n) is 1.13. The number of hydrogen-bond donors (Lipinski definition) is 3. The summed E-state index contributed by atoms with van der Waals surface area (Å²) in [6.07, 6.45) is 1.52. The van der Waals surface area contributed by atoms with Crippen LogP contribution in [0, 0.1) is 0 Å². The van der Waals surface area contributed by atoms with Crippen LogP contribution in [0.4, 0.5) is 5.69 Å². The highest BCUT2D eigenvalue weighted by Crippen LogP contribution is 2.15. The molecule has 1 aliphatic rings. The predicted molar refractivity (Wildman–Crippen MR) is 55.1 cm³/mol. The highest BCUT2D eigenvalue weighted by molar-refractivity contribution is 7.89. The van der Waals surface area contributed by atoms with Crippen molar-refractivity contribution >= 4 is 22.0 Å². The molecule has 0 atom stereocenters. The van der Waals surface area contributed by atoms with Gasteiger partial charge < -0.3 is 0 Å². The molecule has 0 amide bonds. The second-order valence-corrected chi connectivity index (χ2v) is 4.44. The van der Waals surface area contributed by atoms with Crippen LogP contribution >= 0.6 is 0 Å². The fraction of sp³-hybridized carbons (Fsp3) is 0. The van der Waals surface area contributed by atoms with Crippen molar-refractivity contribution in [1.82, 2.24) is 11.1 Å². The highest BCUT2D eigenvalue weighted by Gasteiger charge is 2.10. The molecule has 0 fully saturated rings. The Labute approximate surface area is 86.6 Å². The lowest BCUT2D eigenvalue weighted by molar-refractivity contribution is 0.597. The van der Waals surface area contributed by atoms with E-state index in [-0.39, 0.29) is 4.90 Å². The van der Waals surface area contributed by atoms with Gasteiger partial charge in [-0.1, -0.05) is 0 Å². The van der Waals surface area contributed by atoms with E-state index in [4.69, 9.17) is 5.14 Å². The van der Waals surface area contributed by atoms with Crippen LogP contribution in [0.3, 0.4) is 0 Å². The standard InChI is InChI=1S/C7H9N5O2S/c8-15(13,14)7-3-1-6(2-4-7)12-5-9-10-11-12/h1-5,10-11H,(H2,8,13,14). The molecule has 1 heterocycles. The van der Waals surface area contributed by atoms with E-state index in [0.717, 1.165) is 5.69 Å². The van der Waals surface area contributed by atoms with Gasteiger partial charge in [-0.15, -0.1) is 5.53 Å². The molecule has 1 aromatic rings. The van der Waals surface area contributed by atoms with Crippen LogP contribution in [0.25, 0.3) is 0 Å². The Morgan fingerprint density at radius 2 is 1.93 bits per heavy atom. The number of nitrogens with zero attached hydrogens (tertiary/aromatic N) is 2. The van der Waals surface area contributed by atoms with Gasteiger partial charge in [-0.05, 0) is 24.3 Å². The molecule has 0 radical (unpaired) electrons. The fourth-order valence-corrected chi connectivity index (χ4v) is 1.64. The van der Waals surface area contributed by atoms with E-state index in [1.807, 2.05) is 0 Å². The maximum absolute atomic E-state index is 11.0. The topological polar surface area (TPSA) is 99.8 Å². The zero-order chi connectivity index (χ0) is 10.9. The molecule has 0 aromatic heterocycles. The van der Waals surface area contributed by atoms with Crippen molar-refractivity contribution in [2.45, 2.75) is 4.90 Å². The predicted octanol–water partition coefficient (Wildman–Crippen LogP) is -0.893. The molecule has 1 aliphatic heterocycles. The molecule has 80 valence electrons. The van der Waals surface area contributed by atoms with Gasteiger partial charge in [0, 0.05) is 0 Å². The summed E-state index contributed by atoms with van der Waals surface area (Å²) < 4.78 is 22.0. The Morgan fingerprint density at radius 3 is 2.40 bits per heavy atom. The summed E-state index contributed by atoms with van der Waals surface area (Å²) in [5, 5.41) is 10.3. The molecule has 7 nitrogen and oxygen atoms in total. The second kappa shape index (κ2) is 3.50. The molecule has 8 heteroatoms. The van der Waals surface area contributed by atoms with Crippen molar-refractivity contribution in [2.75, 3.05) is 5.01 Å². The summed E-state index contributed by atoms with van der Waals surface area (Å²) >= 11 is 0. The number of hydrazone groups is 1. The minimum absolute atomic E-state index is 0.0790. The first-order valence-electron chi connectivity index (χ1n) is 4.03. The monoisotopic (exact) mass is 227 g/mol. The SMILES string of the molecule is NS(=O)(=O)c1ccc(N2C=NNN2)cc1. The maximum Gasteiger partial charge on any atom is 0.238 e. The van der Waals surface area contributed by atoms with Crippen molar-refractivity contribution in [1.29, 1.82) is 0 Å². The smallest absolute Gasteiger partial charge is 0.238 e. The van der Waals surface area contributed by atoms with Crippen LogP contribution in [0.15, 0.2) is 34.3 Å². The molecule has 0 saturated heterocycles. The molecule has 0 saturated carbocycles. The van der Waals surface area contributed by atoms with Crippen molar-refractivity contribution in [2.24, 2.45) is 10.2 Å². The van der Waals surface area contributed by atoms with Gasteiger partial charge in [-0.2, -0.15) is 5.10 Å². The van der Waals surface area contributed by atoms with Gasteiger partial charge in [0.15, 0.2) is 0 Å². The van der Waals surface area contributed by atoms with Crippen molar-refractivity contribution in [3.05, 3.63) is 24.3 Å². The quantitative estimate of drug-likeness (QED) is 0.608. The third kappa shape index (κ3) is 2.06. The van der Waals surface area contributed by atoms with Gasteiger partial charge in [-0.3, -0.25) is 0 Å². The molecule has 0 aliphatic carbocycles. The van der Waals surface area contributed by atoms with Crippen molar-refractivity contribution in [3.8, 4) is 0 Å². The molecule has 2 rings (SSSR count). The molecule has 0 spiro atoms. The first-order chi connectivity index (χ1) is 7.07. The number of primary sulfonamides is 1. The summed E-state index contributed by atoms with van der Waals surface area (Å²) in [7, 11) is -3.63. The average molecular weight is 227 g/mol. The van der Waals surface area contributed by atoms with E-state index in [2.05, 4.69) is 16.2 Å².